The highest BCUT2D eigenvalue weighted by Crippen LogP contribution is 2.39. The number of nitrogens with zero attached hydrogens (tertiary/aromatic N) is 3. The summed E-state index contributed by atoms with van der Waals surface area (Å²) in [5.74, 6) is 0.486. The number of carbonyl (C=O) groups is 2. The van der Waals surface area contributed by atoms with Gasteiger partial charge in [0, 0.05) is 56.8 Å². The summed E-state index contributed by atoms with van der Waals surface area (Å²) in [5, 5.41) is 0. The molecule has 0 N–H and O–H groups in total. The fourth-order valence-electron chi connectivity index (χ4n) is 4.27. The van der Waals surface area contributed by atoms with Gasteiger partial charge in [0.15, 0.2) is 0 Å². The molecule has 0 aliphatic carbocycles. The number of aromatic nitrogens is 1. The average Bonchev–Trinajstić information content (AvgIpc) is 2.58. The molecular formula is C21H31N3O2. The van der Waals surface area contributed by atoms with Crippen LogP contribution < -0.4 is 0 Å². The lowest BCUT2D eigenvalue weighted by Gasteiger charge is -2.48. The summed E-state index contributed by atoms with van der Waals surface area (Å²) >= 11 is 0. The number of pyridine rings is 1. The van der Waals surface area contributed by atoms with Gasteiger partial charge in [0.25, 0.3) is 0 Å². The molecule has 2 saturated heterocycles. The van der Waals surface area contributed by atoms with Crippen molar-refractivity contribution in [2.45, 2.75) is 59.4 Å². The van der Waals surface area contributed by atoms with Crippen LogP contribution in [0.1, 0.15) is 58.4 Å². The number of piperidine rings is 2. The van der Waals surface area contributed by atoms with Crippen LogP contribution in [0.4, 0.5) is 0 Å². The Balaban J connectivity index is 1.68. The number of hydrogen-bond donors (Lipinski definition) is 0. The highest BCUT2D eigenvalue weighted by Gasteiger charge is 2.42. The van der Waals surface area contributed by atoms with Crippen LogP contribution in [-0.2, 0) is 16.1 Å². The highest BCUT2D eigenvalue weighted by atomic mass is 16.2. The fraction of sp³-hybridized carbons (Fsp3) is 0.667. The largest absolute Gasteiger partial charge is 0.342 e. The van der Waals surface area contributed by atoms with Crippen LogP contribution in [0.3, 0.4) is 0 Å². The van der Waals surface area contributed by atoms with Gasteiger partial charge in [-0.25, -0.2) is 0 Å². The van der Waals surface area contributed by atoms with Crippen molar-refractivity contribution in [1.29, 1.82) is 0 Å². The highest BCUT2D eigenvalue weighted by molar-refractivity contribution is 5.78. The molecule has 0 bridgehead atoms. The predicted octanol–water partition coefficient (Wildman–Crippen LogP) is 3.25. The maximum atomic E-state index is 12.7. The number of amides is 2. The molecule has 1 spiro atoms. The van der Waals surface area contributed by atoms with E-state index >= 15 is 0 Å². The number of likely N-dealkylation sites (tertiary alicyclic amines) is 2. The molecule has 0 aromatic carbocycles. The SMILES string of the molecule is CC(C)(C)CC(=O)N1CCC[C@]2(CCC(=O)N(Cc3ccncc3)C2)C1. The maximum Gasteiger partial charge on any atom is 0.223 e. The Morgan fingerprint density at radius 3 is 2.62 bits per heavy atom. The van der Waals surface area contributed by atoms with Gasteiger partial charge in [-0.3, -0.25) is 14.6 Å². The van der Waals surface area contributed by atoms with E-state index < -0.39 is 0 Å². The van der Waals surface area contributed by atoms with Crippen molar-refractivity contribution in [2.24, 2.45) is 10.8 Å². The summed E-state index contributed by atoms with van der Waals surface area (Å²) in [6.45, 7) is 9.38. The van der Waals surface area contributed by atoms with Crippen molar-refractivity contribution in [3.05, 3.63) is 30.1 Å². The molecule has 1 aromatic rings. The second kappa shape index (κ2) is 7.37. The molecule has 5 nitrogen and oxygen atoms in total. The van der Waals surface area contributed by atoms with Crippen molar-refractivity contribution in [3.63, 3.8) is 0 Å². The molecule has 1 atom stereocenters. The van der Waals surface area contributed by atoms with E-state index in [1.165, 1.54) is 0 Å². The molecule has 2 amide bonds. The first-order chi connectivity index (χ1) is 12.3. The molecule has 5 heteroatoms. The first kappa shape index (κ1) is 18.9. The van der Waals surface area contributed by atoms with Gasteiger partial charge < -0.3 is 9.80 Å². The lowest BCUT2D eigenvalue weighted by molar-refractivity contribution is -0.144. The normalized spacial score (nSPS) is 24.2. The van der Waals surface area contributed by atoms with Gasteiger partial charge in [-0.2, -0.15) is 0 Å². The standard InChI is InChI=1S/C21H31N3O2/c1-20(2,3)13-19(26)23-12-4-8-21(15-23)9-5-18(25)24(16-21)14-17-6-10-22-11-7-17/h6-7,10-11H,4-5,8-9,12-16H2,1-3H3/t21-/m0/s1. The van der Waals surface area contributed by atoms with E-state index in [1.54, 1.807) is 12.4 Å². The monoisotopic (exact) mass is 357 g/mol. The van der Waals surface area contributed by atoms with E-state index in [2.05, 4.69) is 30.7 Å². The Morgan fingerprint density at radius 1 is 1.19 bits per heavy atom. The van der Waals surface area contributed by atoms with Crippen LogP contribution in [0.5, 0.6) is 0 Å². The maximum absolute atomic E-state index is 12.7. The van der Waals surface area contributed by atoms with Crippen molar-refractivity contribution in [2.75, 3.05) is 19.6 Å². The summed E-state index contributed by atoms with van der Waals surface area (Å²) in [4.78, 5) is 33.3. The number of hydrogen-bond acceptors (Lipinski definition) is 3. The molecule has 0 radical (unpaired) electrons. The Labute approximate surface area is 156 Å². The van der Waals surface area contributed by atoms with Crippen LogP contribution in [0.25, 0.3) is 0 Å². The number of rotatable bonds is 3. The second-order valence-electron chi connectivity index (χ2n) is 9.26. The Kier molecular flexibility index (Phi) is 5.35. The van der Waals surface area contributed by atoms with Crippen molar-refractivity contribution < 1.29 is 9.59 Å². The third-order valence-corrected chi connectivity index (χ3v) is 5.57. The topological polar surface area (TPSA) is 53.5 Å². The molecule has 3 heterocycles. The Morgan fingerprint density at radius 2 is 1.92 bits per heavy atom. The van der Waals surface area contributed by atoms with E-state index in [1.807, 2.05) is 17.0 Å². The molecule has 142 valence electrons. The van der Waals surface area contributed by atoms with E-state index in [4.69, 9.17) is 0 Å². The van der Waals surface area contributed by atoms with Gasteiger partial charge in [0.1, 0.15) is 0 Å². The minimum absolute atomic E-state index is 0.0115. The summed E-state index contributed by atoms with van der Waals surface area (Å²) in [5.41, 5.74) is 1.19. The molecular weight excluding hydrogens is 326 g/mol. The third-order valence-electron chi connectivity index (χ3n) is 5.57. The fourth-order valence-corrected chi connectivity index (χ4v) is 4.27. The smallest absolute Gasteiger partial charge is 0.223 e. The van der Waals surface area contributed by atoms with E-state index in [9.17, 15) is 9.59 Å². The average molecular weight is 357 g/mol. The van der Waals surface area contributed by atoms with Crippen molar-refractivity contribution in [3.8, 4) is 0 Å². The molecule has 2 aliphatic heterocycles. The van der Waals surface area contributed by atoms with Gasteiger partial charge in [-0.15, -0.1) is 0 Å². The van der Waals surface area contributed by atoms with Crippen molar-refractivity contribution >= 4 is 11.8 Å². The molecule has 0 saturated carbocycles. The molecule has 2 fully saturated rings. The Hall–Kier alpha value is -1.91. The zero-order chi connectivity index (χ0) is 18.8. The van der Waals surface area contributed by atoms with Gasteiger partial charge in [0.2, 0.25) is 11.8 Å². The number of carbonyl (C=O) groups excluding carboxylic acids is 2. The van der Waals surface area contributed by atoms with Crippen LogP contribution in [0.15, 0.2) is 24.5 Å². The van der Waals surface area contributed by atoms with Crippen LogP contribution >= 0.6 is 0 Å². The van der Waals surface area contributed by atoms with Crippen LogP contribution in [0.2, 0.25) is 0 Å². The minimum Gasteiger partial charge on any atom is -0.342 e. The van der Waals surface area contributed by atoms with Crippen LogP contribution in [-0.4, -0.2) is 46.2 Å². The molecule has 3 rings (SSSR count). The lowest BCUT2D eigenvalue weighted by atomic mass is 9.73. The quantitative estimate of drug-likeness (QED) is 0.834. The van der Waals surface area contributed by atoms with E-state index in [0.717, 1.165) is 44.5 Å². The summed E-state index contributed by atoms with van der Waals surface area (Å²) < 4.78 is 0. The predicted molar refractivity (Wildman–Crippen MR) is 101 cm³/mol. The van der Waals surface area contributed by atoms with Gasteiger partial charge in [-0.05, 0) is 42.4 Å². The second-order valence-corrected chi connectivity index (χ2v) is 9.26. The zero-order valence-electron chi connectivity index (χ0n) is 16.3. The molecule has 26 heavy (non-hydrogen) atoms. The van der Waals surface area contributed by atoms with Gasteiger partial charge in [-0.1, -0.05) is 20.8 Å². The van der Waals surface area contributed by atoms with E-state index in [-0.39, 0.29) is 22.6 Å². The van der Waals surface area contributed by atoms with E-state index in [0.29, 0.717) is 19.4 Å². The first-order valence-electron chi connectivity index (χ1n) is 9.71. The summed E-state index contributed by atoms with van der Waals surface area (Å²) in [6.07, 6.45) is 7.76. The molecule has 2 aliphatic rings. The Bertz CT molecular complexity index is 653. The zero-order valence-corrected chi connectivity index (χ0v) is 16.3. The minimum atomic E-state index is 0.0115. The van der Waals surface area contributed by atoms with Crippen LogP contribution in [0, 0.1) is 10.8 Å². The molecule has 1 aromatic heterocycles. The first-order valence-corrected chi connectivity index (χ1v) is 9.71. The van der Waals surface area contributed by atoms with Gasteiger partial charge in [0.05, 0.1) is 0 Å². The third kappa shape index (κ3) is 4.63. The van der Waals surface area contributed by atoms with Crippen molar-refractivity contribution in [1.82, 2.24) is 14.8 Å². The molecule has 0 unspecified atom stereocenters. The summed E-state index contributed by atoms with van der Waals surface area (Å²) in [6, 6.07) is 3.93. The summed E-state index contributed by atoms with van der Waals surface area (Å²) in [7, 11) is 0. The lowest BCUT2D eigenvalue weighted by Crippen LogP contribution is -2.55. The van der Waals surface area contributed by atoms with Gasteiger partial charge >= 0.3 is 0 Å².